The zero-order valence-corrected chi connectivity index (χ0v) is 10.9. The van der Waals surface area contributed by atoms with Crippen molar-refractivity contribution in [3.63, 3.8) is 0 Å². The Labute approximate surface area is 99.3 Å². The number of hydrogen-bond donors (Lipinski definition) is 0. The molecule has 0 saturated carbocycles. The van der Waals surface area contributed by atoms with Crippen LogP contribution in [-0.4, -0.2) is 11.3 Å². The van der Waals surface area contributed by atoms with Crippen LogP contribution in [0.15, 0.2) is 17.5 Å². The molecule has 0 heterocycles. The van der Waals surface area contributed by atoms with E-state index in [9.17, 15) is 4.39 Å². The Morgan fingerprint density at radius 3 is 2.67 bits per heavy atom. The third kappa shape index (κ3) is 2.79. The molecule has 0 radical (unpaired) electrons. The van der Waals surface area contributed by atoms with Crippen LogP contribution in [0.5, 0.6) is 0 Å². The summed E-state index contributed by atoms with van der Waals surface area (Å²) in [5, 5.41) is 0.953. The monoisotopic (exact) mass is 242 g/mol. The van der Waals surface area contributed by atoms with Gasteiger partial charge in [0.25, 0.3) is 0 Å². The summed E-state index contributed by atoms with van der Waals surface area (Å²) in [5.74, 6) is -0.140. The molecule has 0 aliphatic heterocycles. The first-order chi connectivity index (χ1) is 7.11. The van der Waals surface area contributed by atoms with Gasteiger partial charge in [-0.3, -0.25) is 0 Å². The Hall–Kier alpha value is -0.410. The predicted molar refractivity (Wildman–Crippen MR) is 70.2 cm³/mol. The van der Waals surface area contributed by atoms with Crippen molar-refractivity contribution in [2.24, 2.45) is 0 Å². The highest BCUT2D eigenvalue weighted by Crippen LogP contribution is 2.32. The Morgan fingerprint density at radius 1 is 1.47 bits per heavy atom. The van der Waals surface area contributed by atoms with Gasteiger partial charge in [-0.25, -0.2) is 4.39 Å². The molecule has 0 atom stereocenters. The van der Waals surface area contributed by atoms with Crippen LogP contribution in [0.3, 0.4) is 0 Å². The Morgan fingerprint density at radius 2 is 2.13 bits per heavy atom. The van der Waals surface area contributed by atoms with Crippen molar-refractivity contribution in [2.75, 3.05) is 11.3 Å². The Kier molecular flexibility index (Phi) is 4.74. The van der Waals surface area contributed by atoms with Crippen molar-refractivity contribution < 1.29 is 4.39 Å². The average molecular weight is 242 g/mol. The molecule has 0 bridgehead atoms. The molecule has 1 aromatic carbocycles. The number of rotatable bonds is 4. The summed E-state index contributed by atoms with van der Waals surface area (Å²) in [5.41, 5.74) is 2.46. The number of benzene rings is 1. The van der Waals surface area contributed by atoms with Gasteiger partial charge in [-0.1, -0.05) is 12.7 Å². The van der Waals surface area contributed by atoms with E-state index in [1.54, 1.807) is 29.6 Å². The summed E-state index contributed by atoms with van der Waals surface area (Å²) >= 11 is 3.45. The molecular weight excluding hydrogens is 227 g/mol. The molecule has 0 fully saturated rings. The fraction of sp³-hybridized carbons (Fsp3) is 0.333. The lowest BCUT2D eigenvalue weighted by Crippen LogP contribution is -1.94. The van der Waals surface area contributed by atoms with Gasteiger partial charge in [-0.05, 0) is 37.3 Å². The second-order valence-electron chi connectivity index (χ2n) is 3.31. The third-order valence-corrected chi connectivity index (χ3v) is 4.53. The van der Waals surface area contributed by atoms with Crippen LogP contribution >= 0.6 is 23.5 Å². The van der Waals surface area contributed by atoms with Crippen LogP contribution in [0.1, 0.15) is 16.7 Å². The van der Waals surface area contributed by atoms with Gasteiger partial charge >= 0.3 is 0 Å². The molecule has 15 heavy (non-hydrogen) atoms. The maximum absolute atomic E-state index is 13.8. The van der Waals surface area contributed by atoms with Crippen LogP contribution in [0.2, 0.25) is 0 Å². The van der Waals surface area contributed by atoms with Gasteiger partial charge in [0.1, 0.15) is 5.82 Å². The average Bonchev–Trinajstić information content (AvgIpc) is 2.23. The molecule has 0 nitrogen and oxygen atoms in total. The van der Waals surface area contributed by atoms with E-state index in [1.165, 1.54) is 0 Å². The van der Waals surface area contributed by atoms with Gasteiger partial charge in [0.2, 0.25) is 0 Å². The number of aryl methyl sites for hydroxylation is 1. The van der Waals surface area contributed by atoms with Gasteiger partial charge in [0.15, 0.2) is 0 Å². The molecule has 1 aromatic rings. The summed E-state index contributed by atoms with van der Waals surface area (Å²) in [7, 11) is 0. The topological polar surface area (TPSA) is 0 Å². The SMILES string of the molecule is C=Cc1cc(C)c(SCSC)c(C)c1F. The molecule has 82 valence electrons. The standard InChI is InChI=1S/C12H15FS2/c1-5-10-6-8(2)12(15-7-14-4)9(3)11(10)13/h5-6H,1,7H2,2-4H3. The third-order valence-electron chi connectivity index (χ3n) is 2.19. The van der Waals surface area contributed by atoms with Crippen molar-refractivity contribution in [2.45, 2.75) is 18.7 Å². The zero-order valence-electron chi connectivity index (χ0n) is 9.26. The molecule has 0 saturated heterocycles. The lowest BCUT2D eigenvalue weighted by Gasteiger charge is -2.11. The molecule has 0 aliphatic rings. The molecule has 0 N–H and O–H groups in total. The highest BCUT2D eigenvalue weighted by Gasteiger charge is 2.11. The summed E-state index contributed by atoms with van der Waals surface area (Å²) in [4.78, 5) is 1.06. The molecule has 0 unspecified atom stereocenters. The summed E-state index contributed by atoms with van der Waals surface area (Å²) in [6.45, 7) is 7.46. The normalized spacial score (nSPS) is 10.4. The van der Waals surface area contributed by atoms with E-state index < -0.39 is 0 Å². The van der Waals surface area contributed by atoms with Gasteiger partial charge in [0, 0.05) is 15.5 Å². The van der Waals surface area contributed by atoms with E-state index in [2.05, 4.69) is 6.58 Å². The van der Waals surface area contributed by atoms with Gasteiger partial charge < -0.3 is 0 Å². The van der Waals surface area contributed by atoms with Crippen LogP contribution in [0.4, 0.5) is 4.39 Å². The van der Waals surface area contributed by atoms with E-state index in [1.807, 2.05) is 26.2 Å². The van der Waals surface area contributed by atoms with Crippen molar-refractivity contribution in [1.82, 2.24) is 0 Å². The molecular formula is C12H15FS2. The van der Waals surface area contributed by atoms with Crippen molar-refractivity contribution >= 4 is 29.6 Å². The van der Waals surface area contributed by atoms with E-state index in [-0.39, 0.29) is 5.82 Å². The first-order valence-corrected chi connectivity index (χ1v) is 7.03. The first kappa shape index (κ1) is 12.7. The summed E-state index contributed by atoms with van der Waals surface area (Å²) < 4.78 is 13.8. The maximum atomic E-state index is 13.8. The fourth-order valence-corrected chi connectivity index (χ4v) is 3.00. The lowest BCUT2D eigenvalue weighted by molar-refractivity contribution is 0.610. The molecule has 0 aliphatic carbocycles. The van der Waals surface area contributed by atoms with Gasteiger partial charge in [-0.2, -0.15) is 11.8 Å². The van der Waals surface area contributed by atoms with E-state index >= 15 is 0 Å². The molecule has 0 amide bonds. The van der Waals surface area contributed by atoms with E-state index in [4.69, 9.17) is 0 Å². The minimum atomic E-state index is -0.140. The van der Waals surface area contributed by atoms with Gasteiger partial charge in [0.05, 0.1) is 0 Å². The smallest absolute Gasteiger partial charge is 0.134 e. The number of hydrogen-bond acceptors (Lipinski definition) is 2. The number of halogens is 1. The maximum Gasteiger partial charge on any atom is 0.134 e. The fourth-order valence-electron chi connectivity index (χ4n) is 1.46. The highest BCUT2D eigenvalue weighted by atomic mass is 32.2. The minimum absolute atomic E-state index is 0.140. The number of thioether (sulfide) groups is 2. The van der Waals surface area contributed by atoms with Crippen molar-refractivity contribution in [1.29, 1.82) is 0 Å². The van der Waals surface area contributed by atoms with E-state index in [0.29, 0.717) is 5.56 Å². The first-order valence-electron chi connectivity index (χ1n) is 4.65. The second-order valence-corrected chi connectivity index (χ2v) is 5.52. The van der Waals surface area contributed by atoms with Crippen LogP contribution in [0, 0.1) is 19.7 Å². The molecule has 0 spiro atoms. The summed E-state index contributed by atoms with van der Waals surface area (Å²) in [6.07, 6.45) is 3.62. The Bertz CT molecular complexity index is 372. The second kappa shape index (κ2) is 5.61. The lowest BCUT2D eigenvalue weighted by atomic mass is 10.1. The van der Waals surface area contributed by atoms with Crippen LogP contribution in [-0.2, 0) is 0 Å². The van der Waals surface area contributed by atoms with Gasteiger partial charge in [-0.15, -0.1) is 11.8 Å². The van der Waals surface area contributed by atoms with Crippen LogP contribution < -0.4 is 0 Å². The largest absolute Gasteiger partial charge is 0.206 e. The van der Waals surface area contributed by atoms with Crippen molar-refractivity contribution in [3.8, 4) is 0 Å². The molecule has 3 heteroatoms. The zero-order chi connectivity index (χ0) is 11.4. The molecule has 1 rings (SSSR count). The van der Waals surface area contributed by atoms with Crippen molar-refractivity contribution in [3.05, 3.63) is 35.2 Å². The Balaban J connectivity index is 3.17. The van der Waals surface area contributed by atoms with Crippen LogP contribution in [0.25, 0.3) is 6.08 Å². The summed E-state index contributed by atoms with van der Waals surface area (Å²) in [6, 6.07) is 1.86. The van der Waals surface area contributed by atoms with E-state index in [0.717, 1.165) is 21.1 Å². The minimum Gasteiger partial charge on any atom is -0.206 e. The molecule has 0 aromatic heterocycles. The highest BCUT2D eigenvalue weighted by molar-refractivity contribution is 8.15. The quantitative estimate of drug-likeness (QED) is 0.563. The predicted octanol–water partition coefficient (Wildman–Crippen LogP) is 4.50.